The van der Waals surface area contributed by atoms with Gasteiger partial charge in [0.05, 0.1) is 6.61 Å². The van der Waals surface area contributed by atoms with Crippen LogP contribution in [0, 0.1) is 0 Å². The van der Waals surface area contributed by atoms with E-state index in [2.05, 4.69) is 6.58 Å². The molecule has 0 unspecified atom stereocenters. The van der Waals surface area contributed by atoms with E-state index in [1.807, 2.05) is 45.0 Å². The first-order chi connectivity index (χ1) is 7.45. The summed E-state index contributed by atoms with van der Waals surface area (Å²) in [6.07, 6.45) is 0. The van der Waals surface area contributed by atoms with Crippen LogP contribution in [0.5, 0.6) is 5.75 Å². The Morgan fingerprint density at radius 3 is 2.31 bits per heavy atom. The Hall–Kier alpha value is -1.28. The molecule has 0 bridgehead atoms. The molecule has 1 aromatic carbocycles. The number of hydrogen-bond donors (Lipinski definition) is 1. The topological polar surface area (TPSA) is 29.5 Å². The van der Waals surface area contributed by atoms with Gasteiger partial charge in [-0.15, -0.1) is 0 Å². The molecule has 2 heteroatoms. The van der Waals surface area contributed by atoms with Gasteiger partial charge >= 0.3 is 0 Å². The summed E-state index contributed by atoms with van der Waals surface area (Å²) in [5.41, 5.74) is 1.91. The normalized spacial score (nSPS) is 11.2. The fourth-order valence-corrected chi connectivity index (χ4v) is 1.30. The van der Waals surface area contributed by atoms with E-state index in [4.69, 9.17) is 4.74 Å². The van der Waals surface area contributed by atoms with Gasteiger partial charge < -0.3 is 9.84 Å². The lowest BCUT2D eigenvalue weighted by Crippen LogP contribution is -2.21. The molecule has 1 rings (SSSR count). The van der Waals surface area contributed by atoms with E-state index in [1.54, 1.807) is 0 Å². The molecule has 0 aliphatic rings. The van der Waals surface area contributed by atoms with Crippen molar-refractivity contribution in [2.45, 2.75) is 26.2 Å². The van der Waals surface area contributed by atoms with E-state index in [9.17, 15) is 5.11 Å². The molecule has 1 aromatic rings. The van der Waals surface area contributed by atoms with E-state index in [-0.39, 0.29) is 12.0 Å². The second kappa shape index (κ2) is 5.17. The monoisotopic (exact) mass is 220 g/mol. The number of rotatable bonds is 5. The van der Waals surface area contributed by atoms with Crippen LogP contribution in [0.25, 0.3) is 0 Å². The predicted octanol–water partition coefficient (Wildman–Crippen LogP) is 2.91. The predicted molar refractivity (Wildman–Crippen MR) is 66.9 cm³/mol. The Morgan fingerprint density at radius 2 is 1.88 bits per heavy atom. The molecule has 0 heterocycles. The minimum absolute atomic E-state index is 0.138. The molecule has 2 nitrogen and oxygen atoms in total. The highest BCUT2D eigenvalue weighted by Gasteiger charge is 2.18. The molecule has 0 atom stereocenters. The summed E-state index contributed by atoms with van der Waals surface area (Å²) >= 11 is 0. The summed E-state index contributed by atoms with van der Waals surface area (Å²) in [7, 11) is 0. The maximum absolute atomic E-state index is 9.25. The molecule has 16 heavy (non-hydrogen) atoms. The van der Waals surface area contributed by atoms with Crippen LogP contribution in [0.3, 0.4) is 0 Å². The van der Waals surface area contributed by atoms with Crippen LogP contribution < -0.4 is 4.74 Å². The van der Waals surface area contributed by atoms with E-state index in [0.717, 1.165) is 16.9 Å². The third-order valence-electron chi connectivity index (χ3n) is 2.52. The highest BCUT2D eigenvalue weighted by Crippen LogP contribution is 2.24. The molecule has 1 N–H and O–H groups in total. The average Bonchev–Trinajstić information content (AvgIpc) is 2.27. The first kappa shape index (κ1) is 12.8. The summed E-state index contributed by atoms with van der Waals surface area (Å²) in [5.74, 6) is 0.834. The Labute approximate surface area is 97.6 Å². The van der Waals surface area contributed by atoms with Crippen molar-refractivity contribution in [3.63, 3.8) is 0 Å². The molecule has 0 saturated heterocycles. The van der Waals surface area contributed by atoms with E-state index >= 15 is 0 Å². The van der Waals surface area contributed by atoms with E-state index < -0.39 is 0 Å². The fourth-order valence-electron chi connectivity index (χ4n) is 1.30. The van der Waals surface area contributed by atoms with Gasteiger partial charge in [0.25, 0.3) is 0 Å². The van der Waals surface area contributed by atoms with Crippen molar-refractivity contribution in [1.82, 2.24) is 0 Å². The Bertz CT molecular complexity index is 350. The first-order valence-electron chi connectivity index (χ1n) is 5.44. The smallest absolute Gasteiger partial charge is 0.119 e. The van der Waals surface area contributed by atoms with E-state index in [1.165, 1.54) is 0 Å². The average molecular weight is 220 g/mol. The maximum Gasteiger partial charge on any atom is 0.119 e. The van der Waals surface area contributed by atoms with Crippen molar-refractivity contribution < 1.29 is 9.84 Å². The molecule has 0 radical (unpaired) electrons. The fraction of sp³-hybridized carbons (Fsp3) is 0.429. The number of hydrogen-bond acceptors (Lipinski definition) is 2. The van der Waals surface area contributed by atoms with Gasteiger partial charge in [0.1, 0.15) is 12.4 Å². The van der Waals surface area contributed by atoms with Crippen LogP contribution in [0.4, 0.5) is 0 Å². The van der Waals surface area contributed by atoms with Crippen molar-refractivity contribution in [2.24, 2.45) is 0 Å². The Morgan fingerprint density at radius 1 is 1.31 bits per heavy atom. The summed E-state index contributed by atoms with van der Waals surface area (Å²) in [4.78, 5) is 0. The zero-order valence-electron chi connectivity index (χ0n) is 10.3. The number of ether oxygens (including phenoxy) is 1. The first-order valence-corrected chi connectivity index (χ1v) is 5.44. The van der Waals surface area contributed by atoms with Gasteiger partial charge in [-0.2, -0.15) is 0 Å². The third-order valence-corrected chi connectivity index (χ3v) is 2.52. The van der Waals surface area contributed by atoms with Gasteiger partial charge in [0.15, 0.2) is 0 Å². The van der Waals surface area contributed by atoms with Crippen LogP contribution in [0.15, 0.2) is 36.4 Å². The van der Waals surface area contributed by atoms with Gasteiger partial charge in [-0.05, 0) is 30.2 Å². The SMILES string of the molecule is C=C(C)COc1ccc(C(C)(C)CO)cc1. The molecular formula is C14H20O2. The van der Waals surface area contributed by atoms with Gasteiger partial charge in [-0.25, -0.2) is 0 Å². The lowest BCUT2D eigenvalue weighted by atomic mass is 9.86. The minimum atomic E-state index is -0.202. The number of aliphatic hydroxyl groups excluding tert-OH is 1. The van der Waals surface area contributed by atoms with Gasteiger partial charge in [0, 0.05) is 5.41 Å². The van der Waals surface area contributed by atoms with Crippen LogP contribution in [-0.4, -0.2) is 18.3 Å². The van der Waals surface area contributed by atoms with Crippen molar-refractivity contribution >= 4 is 0 Å². The van der Waals surface area contributed by atoms with Crippen LogP contribution in [-0.2, 0) is 5.41 Å². The lowest BCUT2D eigenvalue weighted by Gasteiger charge is -2.22. The molecule has 0 saturated carbocycles. The van der Waals surface area contributed by atoms with Crippen LogP contribution in [0.2, 0.25) is 0 Å². The standard InChI is InChI=1S/C14H20O2/c1-11(2)9-16-13-7-5-12(6-8-13)14(3,4)10-15/h5-8,15H,1,9-10H2,2-4H3. The van der Waals surface area contributed by atoms with Crippen molar-refractivity contribution in [1.29, 1.82) is 0 Å². The summed E-state index contributed by atoms with van der Waals surface area (Å²) in [6, 6.07) is 7.83. The summed E-state index contributed by atoms with van der Waals surface area (Å²) in [5, 5.41) is 9.25. The maximum atomic E-state index is 9.25. The van der Waals surface area contributed by atoms with Crippen molar-refractivity contribution in [3.8, 4) is 5.75 Å². The van der Waals surface area contributed by atoms with Crippen molar-refractivity contribution in [2.75, 3.05) is 13.2 Å². The van der Waals surface area contributed by atoms with Crippen LogP contribution in [0.1, 0.15) is 26.3 Å². The highest BCUT2D eigenvalue weighted by molar-refractivity contribution is 5.31. The summed E-state index contributed by atoms with van der Waals surface area (Å²) in [6.45, 7) is 10.4. The quantitative estimate of drug-likeness (QED) is 0.773. The number of benzene rings is 1. The van der Waals surface area contributed by atoms with Gasteiger partial charge in [0.2, 0.25) is 0 Å². The van der Waals surface area contributed by atoms with Crippen LogP contribution >= 0.6 is 0 Å². The highest BCUT2D eigenvalue weighted by atomic mass is 16.5. The Kier molecular flexibility index (Phi) is 4.13. The third kappa shape index (κ3) is 3.38. The zero-order chi connectivity index (χ0) is 12.2. The summed E-state index contributed by atoms with van der Waals surface area (Å²) < 4.78 is 5.51. The van der Waals surface area contributed by atoms with Crippen molar-refractivity contribution in [3.05, 3.63) is 42.0 Å². The number of aliphatic hydroxyl groups is 1. The molecular weight excluding hydrogens is 200 g/mol. The molecule has 0 amide bonds. The largest absolute Gasteiger partial charge is 0.489 e. The molecule has 0 aliphatic carbocycles. The molecule has 0 fully saturated rings. The Balaban J connectivity index is 2.71. The zero-order valence-corrected chi connectivity index (χ0v) is 10.3. The minimum Gasteiger partial charge on any atom is -0.489 e. The second-order valence-corrected chi connectivity index (χ2v) is 4.81. The molecule has 0 aromatic heterocycles. The van der Waals surface area contributed by atoms with E-state index in [0.29, 0.717) is 6.61 Å². The molecule has 0 spiro atoms. The molecule has 0 aliphatic heterocycles. The van der Waals surface area contributed by atoms with Gasteiger partial charge in [-0.3, -0.25) is 0 Å². The molecule has 88 valence electrons. The lowest BCUT2D eigenvalue weighted by molar-refractivity contribution is 0.218. The second-order valence-electron chi connectivity index (χ2n) is 4.81. The van der Waals surface area contributed by atoms with Gasteiger partial charge in [-0.1, -0.05) is 32.6 Å².